The first-order valence-electron chi connectivity index (χ1n) is 4.71. The molecule has 67 valence electrons. The Labute approximate surface area is 70.8 Å². The van der Waals surface area contributed by atoms with Crippen LogP contribution < -0.4 is 10.6 Å². The fourth-order valence-electron chi connectivity index (χ4n) is 0.875. The third kappa shape index (κ3) is 7.82. The van der Waals surface area contributed by atoms with Crippen LogP contribution in [0.25, 0.3) is 0 Å². The van der Waals surface area contributed by atoms with Gasteiger partial charge in [-0.2, -0.15) is 0 Å². The number of nitrogens with one attached hydrogen (secondary N) is 1. The molecule has 0 fully saturated rings. The minimum atomic E-state index is 0.349. The molecule has 0 aromatic carbocycles. The third-order valence-corrected chi connectivity index (χ3v) is 1.60. The largest absolute Gasteiger partial charge is 0.301 e. The summed E-state index contributed by atoms with van der Waals surface area (Å²) in [5, 5.41) is 7.75. The topological polar surface area (TPSA) is 26.1 Å². The Hall–Kier alpha value is -0.0800. The van der Waals surface area contributed by atoms with Crippen molar-refractivity contribution in [3.05, 3.63) is 0 Å². The van der Waals surface area contributed by atoms with Gasteiger partial charge in [-0.1, -0.05) is 20.3 Å². The molecule has 2 heteroatoms. The van der Waals surface area contributed by atoms with Crippen LogP contribution in [0.4, 0.5) is 0 Å². The van der Waals surface area contributed by atoms with E-state index < -0.39 is 0 Å². The molecular formula is C9H21N2. The van der Waals surface area contributed by atoms with Crippen molar-refractivity contribution in [2.24, 2.45) is 0 Å². The lowest BCUT2D eigenvalue weighted by atomic mass is 10.3. The van der Waals surface area contributed by atoms with Crippen LogP contribution >= 0.6 is 0 Å². The first-order chi connectivity index (χ1) is 5.31. The van der Waals surface area contributed by atoms with E-state index in [1.807, 2.05) is 0 Å². The SMILES string of the molecule is CCCCNC(C)[N]CCC. The average Bonchev–Trinajstić information content (AvgIpc) is 2.01. The Bertz CT molecular complexity index is 74.0. The van der Waals surface area contributed by atoms with Gasteiger partial charge >= 0.3 is 0 Å². The zero-order valence-corrected chi connectivity index (χ0v) is 8.06. The van der Waals surface area contributed by atoms with Crippen molar-refractivity contribution < 1.29 is 0 Å². The lowest BCUT2D eigenvalue weighted by Gasteiger charge is -2.12. The molecular weight excluding hydrogens is 136 g/mol. The molecule has 1 atom stereocenters. The lowest BCUT2D eigenvalue weighted by molar-refractivity contribution is 0.441. The summed E-state index contributed by atoms with van der Waals surface area (Å²) in [4.78, 5) is 0. The molecule has 1 N–H and O–H groups in total. The van der Waals surface area contributed by atoms with E-state index in [1.165, 1.54) is 12.8 Å². The van der Waals surface area contributed by atoms with Gasteiger partial charge in [-0.25, -0.2) is 5.32 Å². The van der Waals surface area contributed by atoms with Gasteiger partial charge in [-0.3, -0.25) is 0 Å². The van der Waals surface area contributed by atoms with Gasteiger partial charge < -0.3 is 5.32 Å². The first kappa shape index (κ1) is 10.9. The Morgan fingerprint density at radius 1 is 1.27 bits per heavy atom. The third-order valence-electron chi connectivity index (χ3n) is 1.60. The molecule has 11 heavy (non-hydrogen) atoms. The van der Waals surface area contributed by atoms with Gasteiger partial charge in [0.25, 0.3) is 0 Å². The summed E-state index contributed by atoms with van der Waals surface area (Å²) in [5.41, 5.74) is 0. The predicted octanol–water partition coefficient (Wildman–Crippen LogP) is 1.74. The minimum Gasteiger partial charge on any atom is -0.301 e. The molecule has 0 aliphatic heterocycles. The lowest BCUT2D eigenvalue weighted by Crippen LogP contribution is -2.35. The fourth-order valence-corrected chi connectivity index (χ4v) is 0.875. The normalized spacial score (nSPS) is 13.4. The Morgan fingerprint density at radius 2 is 2.00 bits per heavy atom. The zero-order valence-electron chi connectivity index (χ0n) is 8.06. The summed E-state index contributed by atoms with van der Waals surface area (Å²) in [5.74, 6) is 0. The standard InChI is InChI=1S/C9H21N2/c1-4-6-8-11-9(3)10-7-5-2/h9,11H,4-8H2,1-3H3. The van der Waals surface area contributed by atoms with Gasteiger partial charge in [0.15, 0.2) is 0 Å². The van der Waals surface area contributed by atoms with E-state index in [-0.39, 0.29) is 0 Å². The van der Waals surface area contributed by atoms with Crippen molar-refractivity contribution >= 4 is 0 Å². The molecule has 0 aromatic heterocycles. The average molecular weight is 157 g/mol. The number of hydrogen-bond donors (Lipinski definition) is 1. The zero-order chi connectivity index (χ0) is 8.53. The highest BCUT2D eigenvalue weighted by molar-refractivity contribution is 4.56. The summed E-state index contributed by atoms with van der Waals surface area (Å²) < 4.78 is 0. The number of rotatable bonds is 7. The van der Waals surface area contributed by atoms with Crippen molar-refractivity contribution in [1.82, 2.24) is 10.6 Å². The van der Waals surface area contributed by atoms with E-state index in [0.29, 0.717) is 6.17 Å². The summed E-state index contributed by atoms with van der Waals surface area (Å²) in [7, 11) is 0. The van der Waals surface area contributed by atoms with Crippen LogP contribution in [0.3, 0.4) is 0 Å². The van der Waals surface area contributed by atoms with Crippen molar-refractivity contribution in [3.63, 3.8) is 0 Å². The van der Waals surface area contributed by atoms with E-state index in [2.05, 4.69) is 31.4 Å². The number of unbranched alkanes of at least 4 members (excludes halogenated alkanes) is 1. The Balaban J connectivity index is 3.02. The van der Waals surface area contributed by atoms with Crippen molar-refractivity contribution in [2.75, 3.05) is 13.1 Å². The molecule has 0 spiro atoms. The second kappa shape index (κ2) is 8.02. The summed E-state index contributed by atoms with van der Waals surface area (Å²) in [6.45, 7) is 8.56. The monoisotopic (exact) mass is 157 g/mol. The van der Waals surface area contributed by atoms with Gasteiger partial charge in [-0.05, 0) is 26.3 Å². The second-order valence-electron chi connectivity index (χ2n) is 2.89. The molecule has 0 heterocycles. The second-order valence-corrected chi connectivity index (χ2v) is 2.89. The maximum atomic E-state index is 4.40. The molecule has 2 nitrogen and oxygen atoms in total. The molecule has 0 rings (SSSR count). The molecule has 0 aliphatic rings. The van der Waals surface area contributed by atoms with Crippen LogP contribution in [0.1, 0.15) is 40.0 Å². The van der Waals surface area contributed by atoms with Crippen LogP contribution in [-0.4, -0.2) is 19.3 Å². The van der Waals surface area contributed by atoms with Crippen molar-refractivity contribution in [1.29, 1.82) is 0 Å². The van der Waals surface area contributed by atoms with Crippen LogP contribution in [0.5, 0.6) is 0 Å². The molecule has 0 saturated carbocycles. The Kier molecular flexibility index (Phi) is 7.96. The quantitative estimate of drug-likeness (QED) is 0.560. The van der Waals surface area contributed by atoms with E-state index in [9.17, 15) is 0 Å². The molecule has 0 bridgehead atoms. The highest BCUT2D eigenvalue weighted by Gasteiger charge is 1.97. The summed E-state index contributed by atoms with van der Waals surface area (Å²) in [6.07, 6.45) is 4.01. The van der Waals surface area contributed by atoms with E-state index in [1.54, 1.807) is 0 Å². The molecule has 0 amide bonds. The van der Waals surface area contributed by atoms with Crippen LogP contribution in [0.15, 0.2) is 0 Å². The van der Waals surface area contributed by atoms with Gasteiger partial charge in [-0.15, -0.1) is 0 Å². The van der Waals surface area contributed by atoms with Crippen molar-refractivity contribution in [3.8, 4) is 0 Å². The van der Waals surface area contributed by atoms with E-state index in [4.69, 9.17) is 0 Å². The predicted molar refractivity (Wildman–Crippen MR) is 49.7 cm³/mol. The maximum absolute atomic E-state index is 4.40. The molecule has 1 unspecified atom stereocenters. The molecule has 0 aromatic rings. The fraction of sp³-hybridized carbons (Fsp3) is 1.00. The molecule has 0 saturated heterocycles. The maximum Gasteiger partial charge on any atom is 0.0707 e. The Morgan fingerprint density at radius 3 is 2.55 bits per heavy atom. The number of nitrogens with zero attached hydrogens (tertiary/aromatic N) is 1. The van der Waals surface area contributed by atoms with Crippen LogP contribution in [0.2, 0.25) is 0 Å². The highest BCUT2D eigenvalue weighted by atomic mass is 15.1. The molecule has 1 radical (unpaired) electrons. The number of hydrogen-bond acceptors (Lipinski definition) is 1. The van der Waals surface area contributed by atoms with Gasteiger partial charge in [0.2, 0.25) is 0 Å². The highest BCUT2D eigenvalue weighted by Crippen LogP contribution is 1.85. The van der Waals surface area contributed by atoms with Crippen LogP contribution in [0, 0.1) is 0 Å². The summed E-state index contributed by atoms with van der Waals surface area (Å²) >= 11 is 0. The first-order valence-corrected chi connectivity index (χ1v) is 4.71. The minimum absolute atomic E-state index is 0.349. The summed E-state index contributed by atoms with van der Waals surface area (Å²) in [6, 6.07) is 0. The van der Waals surface area contributed by atoms with E-state index >= 15 is 0 Å². The smallest absolute Gasteiger partial charge is 0.0707 e. The van der Waals surface area contributed by atoms with E-state index in [0.717, 1.165) is 19.5 Å². The molecule has 0 aliphatic carbocycles. The van der Waals surface area contributed by atoms with Gasteiger partial charge in [0.05, 0.1) is 6.17 Å². The van der Waals surface area contributed by atoms with Gasteiger partial charge in [0, 0.05) is 6.54 Å². The van der Waals surface area contributed by atoms with Gasteiger partial charge in [0.1, 0.15) is 0 Å². The van der Waals surface area contributed by atoms with Crippen LogP contribution in [-0.2, 0) is 0 Å². The van der Waals surface area contributed by atoms with Crippen molar-refractivity contribution in [2.45, 2.75) is 46.2 Å².